The summed E-state index contributed by atoms with van der Waals surface area (Å²) in [5, 5.41) is 0. The summed E-state index contributed by atoms with van der Waals surface area (Å²) in [6.45, 7) is 3.53. The van der Waals surface area contributed by atoms with Gasteiger partial charge in [-0.1, -0.05) is 18.2 Å². The Hall–Kier alpha value is -1.44. The van der Waals surface area contributed by atoms with Crippen LogP contribution in [0.1, 0.15) is 13.8 Å². The Morgan fingerprint density at radius 2 is 1.67 bits per heavy atom. The Labute approximate surface area is 72.3 Å². The van der Waals surface area contributed by atoms with Gasteiger partial charge in [-0.2, -0.15) is 0 Å². The summed E-state index contributed by atoms with van der Waals surface area (Å²) in [6.07, 6.45) is 8.16. The average Bonchev–Trinajstić information content (AvgIpc) is 2.04. The fraction of sp³-hybridized carbons (Fsp3) is 0.200. The van der Waals surface area contributed by atoms with Gasteiger partial charge in [0.1, 0.15) is 12.6 Å². The van der Waals surface area contributed by atoms with Crippen molar-refractivity contribution in [3.8, 4) is 0 Å². The summed E-state index contributed by atoms with van der Waals surface area (Å²) in [5.41, 5.74) is 1.52. The van der Waals surface area contributed by atoms with Crippen LogP contribution in [0.3, 0.4) is 0 Å². The molecule has 64 valence electrons. The molecule has 0 saturated carbocycles. The highest BCUT2D eigenvalue weighted by Crippen LogP contribution is 1.94. The molecule has 2 heteroatoms. The second-order valence-electron chi connectivity index (χ2n) is 2.43. The number of carbonyl (C=O) groups excluding carboxylic acids is 2. The van der Waals surface area contributed by atoms with Crippen LogP contribution in [0.5, 0.6) is 0 Å². The average molecular weight is 164 g/mol. The molecular weight excluding hydrogens is 152 g/mol. The van der Waals surface area contributed by atoms with Crippen LogP contribution >= 0.6 is 0 Å². The van der Waals surface area contributed by atoms with Gasteiger partial charge in [-0.25, -0.2) is 0 Å². The van der Waals surface area contributed by atoms with Crippen LogP contribution in [0.2, 0.25) is 0 Å². The lowest BCUT2D eigenvalue weighted by Crippen LogP contribution is -1.73. The minimum absolute atomic E-state index is 0.658. The van der Waals surface area contributed by atoms with Gasteiger partial charge in [0.2, 0.25) is 0 Å². The molecule has 0 aliphatic rings. The second-order valence-corrected chi connectivity index (χ2v) is 2.43. The molecule has 0 rings (SSSR count). The Morgan fingerprint density at radius 3 is 2.17 bits per heavy atom. The highest BCUT2D eigenvalue weighted by molar-refractivity contribution is 5.72. The van der Waals surface area contributed by atoms with Crippen molar-refractivity contribution in [3.05, 3.63) is 35.5 Å². The molecular formula is C10H12O2. The van der Waals surface area contributed by atoms with E-state index in [9.17, 15) is 9.59 Å². The third-order valence-electron chi connectivity index (χ3n) is 1.24. The van der Waals surface area contributed by atoms with Crippen molar-refractivity contribution >= 4 is 12.6 Å². The maximum atomic E-state index is 10.1. The van der Waals surface area contributed by atoms with Crippen LogP contribution < -0.4 is 0 Å². The van der Waals surface area contributed by atoms with Gasteiger partial charge < -0.3 is 0 Å². The first-order chi connectivity index (χ1) is 5.70. The molecule has 0 aromatic rings. The summed E-state index contributed by atoms with van der Waals surface area (Å²) in [5.74, 6) is 0. The zero-order valence-electron chi connectivity index (χ0n) is 7.28. The smallest absolute Gasteiger partial charge is 0.145 e. The minimum Gasteiger partial charge on any atom is -0.299 e. The van der Waals surface area contributed by atoms with Crippen molar-refractivity contribution in [2.24, 2.45) is 0 Å². The first kappa shape index (κ1) is 10.6. The fourth-order valence-corrected chi connectivity index (χ4v) is 0.554. The molecule has 2 nitrogen and oxygen atoms in total. The van der Waals surface area contributed by atoms with Gasteiger partial charge >= 0.3 is 0 Å². The van der Waals surface area contributed by atoms with Gasteiger partial charge in [-0.3, -0.25) is 9.59 Å². The van der Waals surface area contributed by atoms with Crippen molar-refractivity contribution in [2.45, 2.75) is 13.8 Å². The summed E-state index contributed by atoms with van der Waals surface area (Å²) in [4.78, 5) is 20.1. The van der Waals surface area contributed by atoms with Gasteiger partial charge in [0, 0.05) is 0 Å². The Kier molecular flexibility index (Phi) is 5.53. The number of carbonyl (C=O) groups is 2. The Morgan fingerprint density at radius 1 is 1.00 bits per heavy atom. The van der Waals surface area contributed by atoms with E-state index < -0.39 is 0 Å². The van der Waals surface area contributed by atoms with Crippen LogP contribution in [0.25, 0.3) is 0 Å². The monoisotopic (exact) mass is 164 g/mol. The molecule has 0 saturated heterocycles. The van der Waals surface area contributed by atoms with Gasteiger partial charge in [-0.15, -0.1) is 0 Å². The van der Waals surface area contributed by atoms with E-state index in [1.807, 2.05) is 6.92 Å². The van der Waals surface area contributed by atoms with Crippen molar-refractivity contribution in [1.29, 1.82) is 0 Å². The maximum absolute atomic E-state index is 10.1. The number of aldehydes is 2. The lowest BCUT2D eigenvalue weighted by atomic mass is 10.2. The normalized spacial score (nSPS) is 13.5. The topological polar surface area (TPSA) is 34.1 Å². The zero-order chi connectivity index (χ0) is 9.40. The third kappa shape index (κ3) is 5.35. The van der Waals surface area contributed by atoms with E-state index in [4.69, 9.17) is 0 Å². The first-order valence-electron chi connectivity index (χ1n) is 3.63. The highest BCUT2D eigenvalue weighted by atomic mass is 16.1. The molecule has 0 aromatic carbocycles. The number of hydrogen-bond donors (Lipinski definition) is 0. The van der Waals surface area contributed by atoms with Crippen LogP contribution in [0.4, 0.5) is 0 Å². The van der Waals surface area contributed by atoms with E-state index in [0.717, 1.165) is 18.1 Å². The molecule has 0 radical (unpaired) electrons. The molecule has 12 heavy (non-hydrogen) atoms. The minimum atomic E-state index is 0.658. The standard InChI is InChI=1S/C10H12O2/c1-9(6-7-11)4-3-5-10(2)8-12/h3-8H,1-2H3. The third-order valence-corrected chi connectivity index (χ3v) is 1.24. The lowest BCUT2D eigenvalue weighted by molar-refractivity contribution is -0.105. The van der Waals surface area contributed by atoms with Gasteiger partial charge in [-0.05, 0) is 31.1 Å². The van der Waals surface area contributed by atoms with Gasteiger partial charge in [0.25, 0.3) is 0 Å². The van der Waals surface area contributed by atoms with Crippen molar-refractivity contribution in [3.63, 3.8) is 0 Å². The fourth-order valence-electron chi connectivity index (χ4n) is 0.554. The molecule has 0 N–H and O–H groups in total. The Balaban J connectivity index is 4.16. The SMILES string of the molecule is CC(C=O)=CC=CC(C)=CC=O. The van der Waals surface area contributed by atoms with E-state index in [1.165, 1.54) is 6.08 Å². The number of allylic oxidation sites excluding steroid dienone is 6. The lowest BCUT2D eigenvalue weighted by Gasteiger charge is -1.85. The van der Waals surface area contributed by atoms with Crippen LogP contribution in [-0.4, -0.2) is 12.6 Å². The van der Waals surface area contributed by atoms with Crippen LogP contribution in [0, 0.1) is 0 Å². The molecule has 0 aliphatic heterocycles. The molecule has 0 heterocycles. The summed E-state index contributed by atoms with van der Waals surface area (Å²) in [6, 6.07) is 0. The van der Waals surface area contributed by atoms with E-state index >= 15 is 0 Å². The molecule has 0 unspecified atom stereocenters. The predicted octanol–water partition coefficient (Wildman–Crippen LogP) is 1.83. The van der Waals surface area contributed by atoms with E-state index in [0.29, 0.717) is 5.57 Å². The molecule has 0 atom stereocenters. The molecule has 0 spiro atoms. The molecule has 0 aliphatic carbocycles. The zero-order valence-corrected chi connectivity index (χ0v) is 7.28. The van der Waals surface area contributed by atoms with E-state index in [1.54, 1.807) is 25.2 Å². The highest BCUT2D eigenvalue weighted by Gasteiger charge is 1.80. The number of hydrogen-bond acceptors (Lipinski definition) is 2. The molecule has 0 fully saturated rings. The van der Waals surface area contributed by atoms with Gasteiger partial charge in [0.05, 0.1) is 0 Å². The molecule has 0 amide bonds. The summed E-state index contributed by atoms with van der Waals surface area (Å²) in [7, 11) is 0. The maximum Gasteiger partial charge on any atom is 0.145 e. The molecule has 0 aromatic heterocycles. The largest absolute Gasteiger partial charge is 0.299 e. The van der Waals surface area contributed by atoms with E-state index in [2.05, 4.69) is 0 Å². The van der Waals surface area contributed by atoms with E-state index in [-0.39, 0.29) is 0 Å². The summed E-state index contributed by atoms with van der Waals surface area (Å²) >= 11 is 0. The van der Waals surface area contributed by atoms with Crippen LogP contribution in [-0.2, 0) is 9.59 Å². The van der Waals surface area contributed by atoms with Crippen LogP contribution in [0.15, 0.2) is 35.5 Å². The quantitative estimate of drug-likeness (QED) is 0.361. The van der Waals surface area contributed by atoms with Gasteiger partial charge in [0.15, 0.2) is 0 Å². The summed E-state index contributed by atoms with van der Waals surface area (Å²) < 4.78 is 0. The first-order valence-corrected chi connectivity index (χ1v) is 3.63. The van der Waals surface area contributed by atoms with Crippen molar-refractivity contribution < 1.29 is 9.59 Å². The second kappa shape index (κ2) is 6.28. The van der Waals surface area contributed by atoms with Crippen molar-refractivity contribution in [2.75, 3.05) is 0 Å². The molecule has 0 bridgehead atoms. The predicted molar refractivity (Wildman–Crippen MR) is 48.8 cm³/mol. The Bertz CT molecular complexity index is 245. The number of rotatable bonds is 4. The van der Waals surface area contributed by atoms with Crippen molar-refractivity contribution in [1.82, 2.24) is 0 Å².